The van der Waals surface area contributed by atoms with Gasteiger partial charge in [-0.05, 0) is 12.1 Å². The number of aryl methyl sites for hydroxylation is 1. The van der Waals surface area contributed by atoms with E-state index in [4.69, 9.17) is 0 Å². The third-order valence-corrected chi connectivity index (χ3v) is 2.02. The van der Waals surface area contributed by atoms with Gasteiger partial charge in [0.25, 0.3) is 0 Å². The van der Waals surface area contributed by atoms with Crippen molar-refractivity contribution in [1.29, 1.82) is 0 Å². The second-order valence-electron chi connectivity index (χ2n) is 3.38. The molecule has 0 amide bonds. The normalized spacial score (nSPS) is 12.0. The summed E-state index contributed by atoms with van der Waals surface area (Å²) in [6, 6.07) is 2.68. The zero-order valence-corrected chi connectivity index (χ0v) is 8.44. The minimum Gasteiger partial charge on any atom is -0.275 e. The number of hydrogen-bond donors (Lipinski definition) is 0. The third kappa shape index (κ3) is 2.23. The van der Waals surface area contributed by atoms with Gasteiger partial charge in [0.2, 0.25) is 0 Å². The second kappa shape index (κ2) is 3.66. The highest BCUT2D eigenvalue weighted by Gasteiger charge is 2.33. The monoisotopic (exact) mass is 230 g/mol. The Labute approximate surface area is 89.3 Å². The van der Waals surface area contributed by atoms with Crippen molar-refractivity contribution < 1.29 is 13.2 Å². The van der Waals surface area contributed by atoms with Crippen LogP contribution in [0.4, 0.5) is 13.2 Å². The maximum absolute atomic E-state index is 12.2. The van der Waals surface area contributed by atoms with Crippen LogP contribution < -0.4 is 0 Å². The van der Waals surface area contributed by atoms with E-state index in [-0.39, 0.29) is 6.54 Å². The Balaban J connectivity index is 2.14. The molecule has 0 saturated heterocycles. The summed E-state index contributed by atoms with van der Waals surface area (Å²) in [6.07, 6.45) is -1.38. The molecular formula is C9H9F3N4. The number of halogens is 3. The van der Waals surface area contributed by atoms with E-state index in [2.05, 4.69) is 10.2 Å². The number of rotatable bonds is 2. The molecule has 4 nitrogen and oxygen atoms in total. The molecule has 2 aromatic heterocycles. The highest BCUT2D eigenvalue weighted by Crippen LogP contribution is 2.27. The van der Waals surface area contributed by atoms with Crippen molar-refractivity contribution in [2.75, 3.05) is 0 Å². The van der Waals surface area contributed by atoms with E-state index >= 15 is 0 Å². The van der Waals surface area contributed by atoms with Gasteiger partial charge in [0, 0.05) is 19.4 Å². The Hall–Kier alpha value is -1.79. The molecule has 0 fully saturated rings. The van der Waals surface area contributed by atoms with E-state index < -0.39 is 11.9 Å². The maximum atomic E-state index is 12.2. The van der Waals surface area contributed by atoms with Crippen LogP contribution in [-0.2, 0) is 19.8 Å². The molecule has 86 valence electrons. The van der Waals surface area contributed by atoms with E-state index in [1.165, 1.54) is 10.9 Å². The van der Waals surface area contributed by atoms with Gasteiger partial charge in [-0.25, -0.2) is 0 Å². The van der Waals surface area contributed by atoms with Gasteiger partial charge in [-0.3, -0.25) is 9.36 Å². The molecule has 2 aromatic rings. The summed E-state index contributed by atoms with van der Waals surface area (Å²) >= 11 is 0. The summed E-state index contributed by atoms with van der Waals surface area (Å²) < 4.78 is 39.5. The van der Waals surface area contributed by atoms with Gasteiger partial charge in [-0.1, -0.05) is 0 Å². The quantitative estimate of drug-likeness (QED) is 0.786. The van der Waals surface area contributed by atoms with Crippen molar-refractivity contribution in [2.45, 2.75) is 12.7 Å². The first-order valence-electron chi connectivity index (χ1n) is 4.54. The summed E-state index contributed by atoms with van der Waals surface area (Å²) in [5.74, 6) is 0. The van der Waals surface area contributed by atoms with Crippen LogP contribution in [0, 0.1) is 0 Å². The molecule has 0 aliphatic carbocycles. The smallest absolute Gasteiger partial charge is 0.275 e. The SMILES string of the molecule is Cn1ccc(Cn2ccc(C(F)(F)F)n2)n1. The molecule has 0 aliphatic rings. The molecule has 0 saturated carbocycles. The average molecular weight is 230 g/mol. The largest absolute Gasteiger partial charge is 0.435 e. The van der Waals surface area contributed by atoms with Crippen LogP contribution >= 0.6 is 0 Å². The molecule has 16 heavy (non-hydrogen) atoms. The molecule has 2 rings (SSSR count). The zero-order valence-electron chi connectivity index (χ0n) is 8.44. The van der Waals surface area contributed by atoms with Crippen molar-refractivity contribution in [1.82, 2.24) is 19.6 Å². The Morgan fingerprint density at radius 2 is 1.94 bits per heavy atom. The predicted molar refractivity (Wildman–Crippen MR) is 49.5 cm³/mol. The summed E-state index contributed by atoms with van der Waals surface area (Å²) in [5.41, 5.74) is -0.220. The minimum absolute atomic E-state index is 0.233. The van der Waals surface area contributed by atoms with Gasteiger partial charge in [0.15, 0.2) is 5.69 Å². The lowest BCUT2D eigenvalue weighted by molar-refractivity contribution is -0.141. The lowest BCUT2D eigenvalue weighted by Crippen LogP contribution is -2.08. The standard InChI is InChI=1S/C9H9F3N4/c1-15-4-2-7(13-15)6-16-5-3-8(14-16)9(10,11)12/h2-5H,6H2,1H3. The molecule has 0 N–H and O–H groups in total. The van der Waals surface area contributed by atoms with Crippen molar-refractivity contribution in [3.05, 3.63) is 35.9 Å². The fourth-order valence-corrected chi connectivity index (χ4v) is 1.31. The maximum Gasteiger partial charge on any atom is 0.435 e. The Bertz CT molecular complexity index is 483. The number of alkyl halides is 3. The van der Waals surface area contributed by atoms with Crippen LogP contribution in [0.15, 0.2) is 24.5 Å². The van der Waals surface area contributed by atoms with E-state index in [0.29, 0.717) is 5.69 Å². The summed E-state index contributed by atoms with van der Waals surface area (Å²) in [4.78, 5) is 0. The lowest BCUT2D eigenvalue weighted by Gasteiger charge is -2.01. The van der Waals surface area contributed by atoms with Crippen molar-refractivity contribution >= 4 is 0 Å². The van der Waals surface area contributed by atoms with Crippen LogP contribution in [-0.4, -0.2) is 19.6 Å². The zero-order chi connectivity index (χ0) is 11.8. The fraction of sp³-hybridized carbons (Fsp3) is 0.333. The van der Waals surface area contributed by atoms with Gasteiger partial charge >= 0.3 is 6.18 Å². The van der Waals surface area contributed by atoms with Crippen LogP contribution in [0.25, 0.3) is 0 Å². The van der Waals surface area contributed by atoms with Crippen molar-refractivity contribution in [2.24, 2.45) is 7.05 Å². The first-order chi connectivity index (χ1) is 7.45. The van der Waals surface area contributed by atoms with E-state index in [0.717, 1.165) is 6.07 Å². The van der Waals surface area contributed by atoms with Crippen LogP contribution in [0.5, 0.6) is 0 Å². The van der Waals surface area contributed by atoms with Crippen molar-refractivity contribution in [3.8, 4) is 0 Å². The minimum atomic E-state index is -4.39. The number of aromatic nitrogens is 4. The number of hydrogen-bond acceptors (Lipinski definition) is 2. The fourth-order valence-electron chi connectivity index (χ4n) is 1.31. The molecule has 0 aliphatic heterocycles. The molecule has 2 heterocycles. The first-order valence-corrected chi connectivity index (χ1v) is 4.54. The Morgan fingerprint density at radius 1 is 1.19 bits per heavy atom. The topological polar surface area (TPSA) is 35.6 Å². The average Bonchev–Trinajstić information content (AvgIpc) is 2.74. The summed E-state index contributed by atoms with van der Waals surface area (Å²) in [5, 5.41) is 7.48. The molecule has 0 spiro atoms. The van der Waals surface area contributed by atoms with E-state index in [1.807, 2.05) is 0 Å². The Kier molecular flexibility index (Phi) is 2.45. The predicted octanol–water partition coefficient (Wildman–Crippen LogP) is 1.68. The van der Waals surface area contributed by atoms with Crippen LogP contribution in [0.3, 0.4) is 0 Å². The highest BCUT2D eigenvalue weighted by molar-refractivity contribution is 5.05. The number of nitrogens with zero attached hydrogens (tertiary/aromatic N) is 4. The Morgan fingerprint density at radius 3 is 2.44 bits per heavy atom. The second-order valence-corrected chi connectivity index (χ2v) is 3.38. The van der Waals surface area contributed by atoms with Gasteiger partial charge in [0.05, 0.1) is 12.2 Å². The molecule has 0 unspecified atom stereocenters. The van der Waals surface area contributed by atoms with Gasteiger partial charge in [0.1, 0.15) is 0 Å². The highest BCUT2D eigenvalue weighted by atomic mass is 19.4. The summed E-state index contributed by atoms with van der Waals surface area (Å²) in [6.45, 7) is 0.233. The molecular weight excluding hydrogens is 221 g/mol. The van der Waals surface area contributed by atoms with E-state index in [9.17, 15) is 13.2 Å². The van der Waals surface area contributed by atoms with Crippen LogP contribution in [0.1, 0.15) is 11.4 Å². The molecule has 0 bridgehead atoms. The van der Waals surface area contributed by atoms with Crippen molar-refractivity contribution in [3.63, 3.8) is 0 Å². The molecule has 0 atom stereocenters. The van der Waals surface area contributed by atoms with E-state index in [1.54, 1.807) is 24.0 Å². The van der Waals surface area contributed by atoms with Gasteiger partial charge in [-0.2, -0.15) is 23.4 Å². The van der Waals surface area contributed by atoms with Gasteiger partial charge in [-0.15, -0.1) is 0 Å². The molecule has 0 radical (unpaired) electrons. The first kappa shape index (κ1) is 10.7. The molecule has 7 heteroatoms. The summed E-state index contributed by atoms with van der Waals surface area (Å²) in [7, 11) is 1.74. The molecule has 0 aromatic carbocycles. The third-order valence-electron chi connectivity index (χ3n) is 2.02. The van der Waals surface area contributed by atoms with Gasteiger partial charge < -0.3 is 0 Å². The lowest BCUT2D eigenvalue weighted by atomic mass is 10.4. The van der Waals surface area contributed by atoms with Crippen LogP contribution in [0.2, 0.25) is 0 Å².